The zero-order valence-electron chi connectivity index (χ0n) is 10.4. The summed E-state index contributed by atoms with van der Waals surface area (Å²) in [5, 5.41) is 13.2. The lowest BCUT2D eigenvalue weighted by Crippen LogP contribution is -2.32. The van der Waals surface area contributed by atoms with Gasteiger partial charge in [-0.25, -0.2) is 4.39 Å². The predicted octanol–water partition coefficient (Wildman–Crippen LogP) is 1.05. The van der Waals surface area contributed by atoms with Gasteiger partial charge in [0, 0.05) is 38.3 Å². The number of halogens is 2. The third-order valence-corrected chi connectivity index (χ3v) is 2.40. The van der Waals surface area contributed by atoms with Crippen LogP contribution in [0.3, 0.4) is 0 Å². The molecule has 6 nitrogen and oxygen atoms in total. The first kappa shape index (κ1) is 15.0. The smallest absolute Gasteiger partial charge is 0.305 e. The molecule has 0 saturated carbocycles. The third kappa shape index (κ3) is 3.95. The maximum absolute atomic E-state index is 13.4. The molecule has 19 heavy (non-hydrogen) atoms. The fraction of sp³-hybridized carbons (Fsp3) is 0.364. The van der Waals surface area contributed by atoms with Crippen molar-refractivity contribution in [3.05, 3.63) is 39.4 Å². The maximum atomic E-state index is 13.4. The van der Waals surface area contributed by atoms with Gasteiger partial charge in [0.25, 0.3) is 0 Å². The number of benzene rings is 1. The first-order valence-electron chi connectivity index (χ1n) is 5.36. The molecule has 0 spiro atoms. The Morgan fingerprint density at radius 1 is 1.37 bits per heavy atom. The molecule has 104 valence electrons. The van der Waals surface area contributed by atoms with E-state index in [1.807, 2.05) is 0 Å². The molecule has 1 N–H and O–H groups in total. The van der Waals surface area contributed by atoms with E-state index in [9.17, 15) is 23.7 Å². The van der Waals surface area contributed by atoms with Crippen molar-refractivity contribution in [1.29, 1.82) is 0 Å². The minimum atomic E-state index is -1.23. The van der Waals surface area contributed by atoms with Crippen LogP contribution < -0.4 is 5.32 Å². The van der Waals surface area contributed by atoms with Gasteiger partial charge in [-0.3, -0.25) is 14.9 Å². The van der Waals surface area contributed by atoms with Gasteiger partial charge in [-0.1, -0.05) is 0 Å². The Bertz CT molecular complexity index is 506. The third-order valence-electron chi connectivity index (χ3n) is 2.40. The molecule has 0 atom stereocenters. The van der Waals surface area contributed by atoms with Gasteiger partial charge in [0.2, 0.25) is 11.7 Å². The number of amides is 1. The van der Waals surface area contributed by atoms with E-state index >= 15 is 0 Å². The van der Waals surface area contributed by atoms with Crippen molar-refractivity contribution in [2.75, 3.05) is 20.6 Å². The van der Waals surface area contributed by atoms with Gasteiger partial charge < -0.3 is 10.2 Å². The molecule has 1 aromatic rings. The van der Waals surface area contributed by atoms with Gasteiger partial charge >= 0.3 is 5.69 Å². The molecule has 0 aliphatic carbocycles. The van der Waals surface area contributed by atoms with Gasteiger partial charge in [0.1, 0.15) is 5.82 Å². The number of nitro benzene ring substituents is 1. The summed E-state index contributed by atoms with van der Waals surface area (Å²) in [7, 11) is 3.13. The quantitative estimate of drug-likeness (QED) is 0.642. The van der Waals surface area contributed by atoms with Crippen LogP contribution in [0.15, 0.2) is 12.1 Å². The number of nitrogens with one attached hydrogen (secondary N) is 1. The van der Waals surface area contributed by atoms with Crippen molar-refractivity contribution in [3.8, 4) is 0 Å². The Morgan fingerprint density at radius 3 is 2.53 bits per heavy atom. The highest BCUT2D eigenvalue weighted by molar-refractivity contribution is 5.77. The number of likely N-dealkylation sites (N-methyl/N-ethyl adjacent to an activating group) is 1. The van der Waals surface area contributed by atoms with Gasteiger partial charge in [0.05, 0.1) is 11.5 Å². The number of hydrogen-bond donors (Lipinski definition) is 1. The van der Waals surface area contributed by atoms with Gasteiger partial charge in [-0.15, -0.1) is 0 Å². The number of carbonyl (C=O) groups is 1. The van der Waals surface area contributed by atoms with Crippen LogP contribution in [0.5, 0.6) is 0 Å². The molecular weight excluding hydrogens is 260 g/mol. The molecule has 8 heteroatoms. The molecule has 0 aliphatic heterocycles. The van der Waals surface area contributed by atoms with E-state index in [2.05, 4.69) is 5.32 Å². The Kier molecular flexibility index (Phi) is 4.87. The van der Waals surface area contributed by atoms with Crippen LogP contribution >= 0.6 is 0 Å². The summed E-state index contributed by atoms with van der Waals surface area (Å²) in [5.41, 5.74) is -0.864. The van der Waals surface area contributed by atoms with E-state index in [-0.39, 0.29) is 24.6 Å². The Labute approximate surface area is 108 Å². The van der Waals surface area contributed by atoms with E-state index in [1.165, 1.54) is 4.90 Å². The van der Waals surface area contributed by atoms with Crippen LogP contribution in [0.2, 0.25) is 0 Å². The largest absolute Gasteiger partial charge is 0.348 e. The topological polar surface area (TPSA) is 75.5 Å². The summed E-state index contributed by atoms with van der Waals surface area (Å²) in [6.45, 7) is -0.149. The first-order valence-corrected chi connectivity index (χ1v) is 5.36. The van der Waals surface area contributed by atoms with Crippen molar-refractivity contribution in [2.24, 2.45) is 0 Å². The highest BCUT2D eigenvalue weighted by atomic mass is 19.1. The zero-order chi connectivity index (χ0) is 14.6. The van der Waals surface area contributed by atoms with E-state index in [4.69, 9.17) is 0 Å². The fourth-order valence-corrected chi connectivity index (χ4v) is 1.32. The molecular formula is C11H13F2N3O3. The van der Waals surface area contributed by atoms with Crippen LogP contribution in [-0.4, -0.2) is 36.4 Å². The number of rotatable bonds is 5. The predicted molar refractivity (Wildman–Crippen MR) is 63.4 cm³/mol. The number of nitrogens with zero attached hydrogens (tertiary/aromatic N) is 2. The fourth-order valence-electron chi connectivity index (χ4n) is 1.32. The number of nitro groups is 1. The summed E-state index contributed by atoms with van der Waals surface area (Å²) in [6, 6.07) is 1.28. The van der Waals surface area contributed by atoms with Crippen LogP contribution in [0.4, 0.5) is 14.5 Å². The highest BCUT2D eigenvalue weighted by Crippen LogP contribution is 2.21. The van der Waals surface area contributed by atoms with Crippen molar-refractivity contribution in [1.82, 2.24) is 10.2 Å². The number of hydrogen-bond acceptors (Lipinski definition) is 4. The lowest BCUT2D eigenvalue weighted by atomic mass is 10.2. The SMILES string of the molecule is CN(C)C(=O)CNCc1cc([N+](=O)[O-])c(F)cc1F. The first-order chi connectivity index (χ1) is 8.82. The van der Waals surface area contributed by atoms with Crippen molar-refractivity contribution < 1.29 is 18.5 Å². The van der Waals surface area contributed by atoms with Crippen molar-refractivity contribution in [3.63, 3.8) is 0 Å². The molecule has 1 amide bonds. The molecule has 0 radical (unpaired) electrons. The molecule has 0 aromatic heterocycles. The second kappa shape index (κ2) is 6.19. The molecule has 0 fully saturated rings. The summed E-state index contributed by atoms with van der Waals surface area (Å²) in [6.07, 6.45) is 0. The summed E-state index contributed by atoms with van der Waals surface area (Å²) in [5.74, 6) is -2.35. The molecule has 0 unspecified atom stereocenters. The normalized spacial score (nSPS) is 10.3. The van der Waals surface area contributed by atoms with Gasteiger partial charge in [-0.2, -0.15) is 4.39 Å². The van der Waals surface area contributed by atoms with E-state index in [0.29, 0.717) is 6.07 Å². The lowest BCUT2D eigenvalue weighted by molar-refractivity contribution is -0.387. The standard InChI is InChI=1S/C11H13F2N3O3/c1-15(2)11(17)6-14-5-7-3-10(16(18)19)9(13)4-8(7)12/h3-4,14H,5-6H2,1-2H3. The Hall–Kier alpha value is -2.09. The van der Waals surface area contributed by atoms with E-state index < -0.39 is 22.2 Å². The summed E-state index contributed by atoms with van der Waals surface area (Å²) < 4.78 is 26.5. The summed E-state index contributed by atoms with van der Waals surface area (Å²) in [4.78, 5) is 22.2. The molecule has 0 saturated heterocycles. The van der Waals surface area contributed by atoms with Crippen LogP contribution in [0.1, 0.15) is 5.56 Å². The monoisotopic (exact) mass is 273 g/mol. The van der Waals surface area contributed by atoms with Crippen LogP contribution in [-0.2, 0) is 11.3 Å². The average molecular weight is 273 g/mol. The Morgan fingerprint density at radius 2 is 2.00 bits per heavy atom. The molecule has 0 bridgehead atoms. The zero-order valence-corrected chi connectivity index (χ0v) is 10.4. The van der Waals surface area contributed by atoms with Crippen molar-refractivity contribution in [2.45, 2.75) is 6.54 Å². The molecule has 0 aliphatic rings. The summed E-state index contributed by atoms with van der Waals surface area (Å²) >= 11 is 0. The van der Waals surface area contributed by atoms with Crippen LogP contribution in [0, 0.1) is 21.7 Å². The van der Waals surface area contributed by atoms with E-state index in [0.717, 1.165) is 6.07 Å². The molecule has 1 rings (SSSR count). The van der Waals surface area contributed by atoms with Gasteiger partial charge in [-0.05, 0) is 0 Å². The Balaban J connectivity index is 2.76. The molecule has 1 aromatic carbocycles. The lowest BCUT2D eigenvalue weighted by Gasteiger charge is -2.11. The molecule has 0 heterocycles. The van der Waals surface area contributed by atoms with Gasteiger partial charge in [0.15, 0.2) is 0 Å². The minimum Gasteiger partial charge on any atom is -0.348 e. The minimum absolute atomic E-state index is 0.0440. The highest BCUT2D eigenvalue weighted by Gasteiger charge is 2.18. The number of carbonyl (C=O) groups excluding carboxylic acids is 1. The van der Waals surface area contributed by atoms with Crippen molar-refractivity contribution >= 4 is 11.6 Å². The van der Waals surface area contributed by atoms with Crippen LogP contribution in [0.25, 0.3) is 0 Å². The second-order valence-corrected chi connectivity index (χ2v) is 4.04. The maximum Gasteiger partial charge on any atom is 0.305 e. The average Bonchev–Trinajstić information content (AvgIpc) is 2.30. The van der Waals surface area contributed by atoms with E-state index in [1.54, 1.807) is 14.1 Å². The second-order valence-electron chi connectivity index (χ2n) is 4.04.